The second-order valence-electron chi connectivity index (χ2n) is 5.05. The number of rotatable bonds is 5. The van der Waals surface area contributed by atoms with Crippen LogP contribution < -0.4 is 11.1 Å². The molecule has 0 aliphatic heterocycles. The summed E-state index contributed by atoms with van der Waals surface area (Å²) >= 11 is 0. The summed E-state index contributed by atoms with van der Waals surface area (Å²) in [5, 5.41) is 7.27. The molecule has 1 aromatic carbocycles. The van der Waals surface area contributed by atoms with Gasteiger partial charge in [-0.25, -0.2) is 0 Å². The van der Waals surface area contributed by atoms with Gasteiger partial charge in [-0.3, -0.25) is 9.67 Å². The molecular formula is C15H21N5. The molecule has 5 nitrogen and oxygen atoms in total. The van der Waals surface area contributed by atoms with Crippen molar-refractivity contribution in [2.45, 2.75) is 20.4 Å². The number of hydrogen-bond acceptors (Lipinski definition) is 2. The van der Waals surface area contributed by atoms with Crippen LogP contribution in [-0.4, -0.2) is 22.3 Å². The lowest BCUT2D eigenvalue weighted by atomic mass is 10.2. The first-order valence-corrected chi connectivity index (χ1v) is 6.74. The maximum atomic E-state index is 5.88. The fraction of sp³-hybridized carbons (Fsp3) is 0.333. The van der Waals surface area contributed by atoms with E-state index in [1.54, 1.807) is 6.20 Å². The smallest absolute Gasteiger partial charge is 0.193 e. The molecule has 0 saturated carbocycles. The van der Waals surface area contributed by atoms with Crippen molar-refractivity contribution >= 4 is 11.6 Å². The zero-order valence-corrected chi connectivity index (χ0v) is 12.0. The van der Waals surface area contributed by atoms with E-state index in [1.165, 1.54) is 5.56 Å². The molecule has 1 unspecified atom stereocenters. The largest absolute Gasteiger partial charge is 0.370 e. The minimum atomic E-state index is 0.383. The van der Waals surface area contributed by atoms with Gasteiger partial charge in [-0.15, -0.1) is 0 Å². The molecule has 20 heavy (non-hydrogen) atoms. The molecule has 1 aromatic heterocycles. The number of guanidine groups is 1. The van der Waals surface area contributed by atoms with Gasteiger partial charge in [-0.2, -0.15) is 5.10 Å². The third-order valence-electron chi connectivity index (χ3n) is 2.96. The van der Waals surface area contributed by atoms with E-state index in [9.17, 15) is 0 Å². The lowest BCUT2D eigenvalue weighted by Crippen LogP contribution is -2.24. The fourth-order valence-corrected chi connectivity index (χ4v) is 1.86. The van der Waals surface area contributed by atoms with Crippen LogP contribution in [0.5, 0.6) is 0 Å². The van der Waals surface area contributed by atoms with Crippen molar-refractivity contribution in [3.8, 4) is 0 Å². The van der Waals surface area contributed by atoms with Gasteiger partial charge in [-0.1, -0.05) is 24.6 Å². The molecule has 0 bridgehead atoms. The molecule has 1 heterocycles. The van der Waals surface area contributed by atoms with Crippen LogP contribution in [0.4, 0.5) is 5.69 Å². The number of benzene rings is 1. The van der Waals surface area contributed by atoms with Gasteiger partial charge < -0.3 is 11.1 Å². The van der Waals surface area contributed by atoms with E-state index in [1.807, 2.05) is 41.2 Å². The van der Waals surface area contributed by atoms with Gasteiger partial charge in [0.05, 0.1) is 0 Å². The third kappa shape index (κ3) is 4.42. The molecule has 2 rings (SSSR count). The van der Waals surface area contributed by atoms with Gasteiger partial charge in [0.25, 0.3) is 0 Å². The van der Waals surface area contributed by atoms with Crippen molar-refractivity contribution in [1.29, 1.82) is 0 Å². The Kier molecular flexibility index (Phi) is 4.76. The average Bonchev–Trinajstić information content (AvgIpc) is 2.92. The van der Waals surface area contributed by atoms with Crippen LogP contribution in [0, 0.1) is 12.8 Å². The van der Waals surface area contributed by atoms with Crippen molar-refractivity contribution in [3.63, 3.8) is 0 Å². The normalized spacial score (nSPS) is 13.2. The molecule has 0 radical (unpaired) electrons. The van der Waals surface area contributed by atoms with Crippen LogP contribution in [-0.2, 0) is 6.54 Å². The number of aromatic nitrogens is 2. The van der Waals surface area contributed by atoms with Gasteiger partial charge >= 0.3 is 0 Å². The number of nitrogens with zero attached hydrogens (tertiary/aromatic N) is 3. The second-order valence-corrected chi connectivity index (χ2v) is 5.05. The third-order valence-corrected chi connectivity index (χ3v) is 2.96. The zero-order chi connectivity index (χ0) is 14.4. The topological polar surface area (TPSA) is 68.2 Å². The van der Waals surface area contributed by atoms with E-state index < -0.39 is 0 Å². The molecule has 0 fully saturated rings. The van der Waals surface area contributed by atoms with Gasteiger partial charge in [0.2, 0.25) is 0 Å². The molecule has 0 amide bonds. The lowest BCUT2D eigenvalue weighted by molar-refractivity contribution is 0.459. The van der Waals surface area contributed by atoms with Gasteiger partial charge in [0, 0.05) is 31.2 Å². The minimum absolute atomic E-state index is 0.383. The van der Waals surface area contributed by atoms with Crippen molar-refractivity contribution in [3.05, 3.63) is 48.3 Å². The van der Waals surface area contributed by atoms with Crippen molar-refractivity contribution in [1.82, 2.24) is 9.78 Å². The van der Waals surface area contributed by atoms with E-state index in [0.717, 1.165) is 12.2 Å². The van der Waals surface area contributed by atoms with Crippen molar-refractivity contribution in [2.75, 3.05) is 11.9 Å². The van der Waals surface area contributed by atoms with Crippen LogP contribution >= 0.6 is 0 Å². The Labute approximate surface area is 119 Å². The van der Waals surface area contributed by atoms with Crippen LogP contribution in [0.15, 0.2) is 47.7 Å². The first-order chi connectivity index (χ1) is 9.63. The number of nitrogens with one attached hydrogen (secondary N) is 1. The van der Waals surface area contributed by atoms with Gasteiger partial charge in [0.1, 0.15) is 0 Å². The number of anilines is 1. The van der Waals surface area contributed by atoms with Gasteiger partial charge in [-0.05, 0) is 31.0 Å². The Morgan fingerprint density at radius 1 is 1.40 bits per heavy atom. The quantitative estimate of drug-likeness (QED) is 0.647. The monoisotopic (exact) mass is 271 g/mol. The summed E-state index contributed by atoms with van der Waals surface area (Å²) in [5.41, 5.74) is 8.06. The second kappa shape index (κ2) is 6.75. The molecule has 0 aliphatic rings. The Balaban J connectivity index is 1.82. The highest BCUT2D eigenvalue weighted by atomic mass is 15.3. The average molecular weight is 271 g/mol. The van der Waals surface area contributed by atoms with Gasteiger partial charge in [0.15, 0.2) is 5.96 Å². The van der Waals surface area contributed by atoms with E-state index in [-0.39, 0.29) is 0 Å². The summed E-state index contributed by atoms with van der Waals surface area (Å²) in [6.07, 6.45) is 3.73. The Bertz CT molecular complexity index is 542. The van der Waals surface area contributed by atoms with Crippen LogP contribution in [0.25, 0.3) is 0 Å². The molecule has 5 heteroatoms. The Morgan fingerprint density at radius 3 is 2.80 bits per heavy atom. The van der Waals surface area contributed by atoms with E-state index in [2.05, 4.69) is 29.3 Å². The summed E-state index contributed by atoms with van der Waals surface area (Å²) in [4.78, 5) is 4.36. The molecule has 0 aliphatic carbocycles. The number of nitrogens with two attached hydrogens (primary N) is 1. The number of hydrogen-bond donors (Lipinski definition) is 2. The first-order valence-electron chi connectivity index (χ1n) is 6.74. The zero-order valence-electron chi connectivity index (χ0n) is 12.0. The van der Waals surface area contributed by atoms with Crippen LogP contribution in [0.3, 0.4) is 0 Å². The molecule has 1 atom stereocenters. The maximum absolute atomic E-state index is 5.88. The number of aliphatic imine (C=N–C) groups is 1. The highest BCUT2D eigenvalue weighted by Crippen LogP contribution is 2.08. The molecule has 2 aromatic rings. The Hall–Kier alpha value is -2.30. The highest BCUT2D eigenvalue weighted by molar-refractivity contribution is 5.92. The van der Waals surface area contributed by atoms with E-state index in [4.69, 9.17) is 5.73 Å². The Morgan fingerprint density at radius 2 is 2.15 bits per heavy atom. The molecular weight excluding hydrogens is 250 g/mol. The van der Waals surface area contributed by atoms with Crippen molar-refractivity contribution in [2.24, 2.45) is 16.6 Å². The summed E-state index contributed by atoms with van der Waals surface area (Å²) in [6, 6.07) is 9.98. The molecule has 0 saturated heterocycles. The summed E-state index contributed by atoms with van der Waals surface area (Å²) in [6.45, 7) is 5.70. The van der Waals surface area contributed by atoms with E-state index in [0.29, 0.717) is 18.4 Å². The summed E-state index contributed by atoms with van der Waals surface area (Å²) < 4.78 is 1.91. The SMILES string of the molecule is Cc1ccc(NC(N)=NCC(C)Cn2cccn2)cc1. The highest BCUT2D eigenvalue weighted by Gasteiger charge is 2.03. The molecule has 106 valence electrons. The predicted octanol–water partition coefficient (Wildman–Crippen LogP) is 2.25. The van der Waals surface area contributed by atoms with Crippen molar-refractivity contribution < 1.29 is 0 Å². The standard InChI is InChI=1S/C15H21N5/c1-12-4-6-14(7-5-12)19-15(16)17-10-13(2)11-20-9-3-8-18-20/h3-9,13H,10-11H2,1-2H3,(H3,16,17,19). The minimum Gasteiger partial charge on any atom is -0.370 e. The first kappa shape index (κ1) is 14.1. The fourth-order valence-electron chi connectivity index (χ4n) is 1.86. The predicted molar refractivity (Wildman–Crippen MR) is 82.7 cm³/mol. The lowest BCUT2D eigenvalue weighted by Gasteiger charge is -2.10. The summed E-state index contributed by atoms with van der Waals surface area (Å²) in [5.74, 6) is 0.828. The van der Waals surface area contributed by atoms with Crippen LogP contribution in [0.2, 0.25) is 0 Å². The van der Waals surface area contributed by atoms with Crippen LogP contribution in [0.1, 0.15) is 12.5 Å². The molecule has 3 N–H and O–H groups in total. The summed E-state index contributed by atoms with van der Waals surface area (Å²) in [7, 11) is 0. The van der Waals surface area contributed by atoms with E-state index >= 15 is 0 Å². The number of aryl methyl sites for hydroxylation is 1. The maximum Gasteiger partial charge on any atom is 0.193 e. The molecule has 0 spiro atoms.